The molecule has 0 heterocycles. The molecule has 0 saturated heterocycles. The Labute approximate surface area is 168 Å². The van der Waals surface area contributed by atoms with Crippen LogP contribution in [0.15, 0.2) is 58.3 Å². The first-order valence-corrected chi connectivity index (χ1v) is 11.2. The van der Waals surface area contributed by atoms with Crippen molar-refractivity contribution in [2.45, 2.75) is 16.2 Å². The number of hydrogen-bond acceptors (Lipinski definition) is 4. The van der Waals surface area contributed by atoms with Crippen molar-refractivity contribution in [2.24, 2.45) is 5.14 Å². The summed E-state index contributed by atoms with van der Waals surface area (Å²) in [5.74, 6) is 0.887. The molecule has 0 aliphatic heterocycles. The Morgan fingerprint density at radius 1 is 1.04 bits per heavy atom. The SMILES string of the molecule is NS(=O)(=O)c1ccc(CCNC(=S)NCCSc2ccc(Cl)cc2)cc1. The standard InChI is InChI=1S/C17H20ClN3O2S3/c18-14-3-5-15(6-4-14)25-12-11-21-17(24)20-10-9-13-1-7-16(8-2-13)26(19,22)23/h1-8H,9-12H2,(H2,19,22,23)(H2,20,21,24). The minimum absolute atomic E-state index is 0.115. The highest BCUT2D eigenvalue weighted by Crippen LogP contribution is 2.19. The summed E-state index contributed by atoms with van der Waals surface area (Å²) in [4.78, 5) is 1.28. The fourth-order valence-corrected chi connectivity index (χ4v) is 3.71. The van der Waals surface area contributed by atoms with Gasteiger partial charge in [0.2, 0.25) is 10.0 Å². The highest BCUT2D eigenvalue weighted by Gasteiger charge is 2.06. The Morgan fingerprint density at radius 3 is 2.27 bits per heavy atom. The summed E-state index contributed by atoms with van der Waals surface area (Å²) in [5, 5.41) is 12.7. The number of nitrogens with one attached hydrogen (secondary N) is 2. The number of nitrogens with two attached hydrogens (primary N) is 1. The van der Waals surface area contributed by atoms with E-state index in [9.17, 15) is 8.42 Å². The van der Waals surface area contributed by atoms with Gasteiger partial charge in [0.15, 0.2) is 5.11 Å². The van der Waals surface area contributed by atoms with Gasteiger partial charge >= 0.3 is 0 Å². The maximum absolute atomic E-state index is 11.2. The first-order valence-electron chi connectivity index (χ1n) is 7.86. The van der Waals surface area contributed by atoms with Crippen molar-refractivity contribution < 1.29 is 8.42 Å². The van der Waals surface area contributed by atoms with Gasteiger partial charge in [-0.05, 0) is 60.6 Å². The Hall–Kier alpha value is -1.32. The molecule has 0 aliphatic rings. The molecule has 0 fully saturated rings. The molecule has 0 amide bonds. The van der Waals surface area contributed by atoms with Crippen molar-refractivity contribution in [1.82, 2.24) is 10.6 Å². The summed E-state index contributed by atoms with van der Waals surface area (Å²) in [7, 11) is -3.64. The summed E-state index contributed by atoms with van der Waals surface area (Å²) >= 11 is 12.8. The van der Waals surface area contributed by atoms with Crippen molar-refractivity contribution in [2.75, 3.05) is 18.8 Å². The number of hydrogen-bond donors (Lipinski definition) is 3. The van der Waals surface area contributed by atoms with Crippen molar-refractivity contribution in [1.29, 1.82) is 0 Å². The molecule has 0 atom stereocenters. The highest BCUT2D eigenvalue weighted by molar-refractivity contribution is 7.99. The maximum atomic E-state index is 11.2. The zero-order valence-corrected chi connectivity index (χ0v) is 17.1. The fraction of sp³-hybridized carbons (Fsp3) is 0.235. The fourth-order valence-electron chi connectivity index (χ4n) is 2.09. The third kappa shape index (κ3) is 7.51. The molecule has 0 bridgehead atoms. The lowest BCUT2D eigenvalue weighted by Gasteiger charge is -2.10. The van der Waals surface area contributed by atoms with Gasteiger partial charge in [0, 0.05) is 28.8 Å². The Kier molecular flexibility index (Phi) is 8.17. The normalized spacial score (nSPS) is 11.2. The summed E-state index contributed by atoms with van der Waals surface area (Å²) in [5.41, 5.74) is 1.01. The van der Waals surface area contributed by atoms with Gasteiger partial charge in [0.25, 0.3) is 0 Å². The van der Waals surface area contributed by atoms with Crippen LogP contribution >= 0.6 is 35.6 Å². The number of thiocarbonyl (C=S) groups is 1. The minimum Gasteiger partial charge on any atom is -0.362 e. The van der Waals surface area contributed by atoms with E-state index in [0.717, 1.165) is 34.2 Å². The van der Waals surface area contributed by atoms with Crippen molar-refractivity contribution in [3.63, 3.8) is 0 Å². The van der Waals surface area contributed by atoms with E-state index in [2.05, 4.69) is 10.6 Å². The predicted octanol–water partition coefficient (Wildman–Crippen LogP) is 2.79. The van der Waals surface area contributed by atoms with Crippen molar-refractivity contribution in [3.8, 4) is 0 Å². The quantitative estimate of drug-likeness (QED) is 0.340. The van der Waals surface area contributed by atoms with Crippen LogP contribution in [-0.4, -0.2) is 32.4 Å². The van der Waals surface area contributed by atoms with Gasteiger partial charge in [-0.2, -0.15) is 0 Å². The second-order valence-corrected chi connectivity index (χ2v) is 9.00. The molecule has 2 rings (SSSR count). The van der Waals surface area contributed by atoms with E-state index in [1.807, 2.05) is 24.3 Å². The average Bonchev–Trinajstić information content (AvgIpc) is 2.60. The highest BCUT2D eigenvalue weighted by atomic mass is 35.5. The number of halogens is 1. The van der Waals surface area contributed by atoms with Crippen molar-refractivity contribution >= 4 is 50.7 Å². The molecule has 2 aromatic rings. The van der Waals surface area contributed by atoms with Gasteiger partial charge in [0.1, 0.15) is 0 Å². The monoisotopic (exact) mass is 429 g/mol. The van der Waals surface area contributed by atoms with Crippen LogP contribution in [0.2, 0.25) is 5.02 Å². The molecule has 0 radical (unpaired) electrons. The van der Waals surface area contributed by atoms with Gasteiger partial charge in [-0.15, -0.1) is 11.8 Å². The van der Waals surface area contributed by atoms with E-state index in [4.69, 9.17) is 29.0 Å². The van der Waals surface area contributed by atoms with Crippen LogP contribution < -0.4 is 15.8 Å². The third-order valence-corrected chi connectivity index (χ3v) is 5.90. The zero-order valence-electron chi connectivity index (χ0n) is 13.9. The number of thioether (sulfide) groups is 1. The van der Waals surface area contributed by atoms with Crippen LogP contribution in [0.3, 0.4) is 0 Å². The summed E-state index contributed by atoms with van der Waals surface area (Å²) in [6.07, 6.45) is 0.728. The number of rotatable bonds is 8. The molecule has 0 aromatic heterocycles. The summed E-state index contributed by atoms with van der Waals surface area (Å²) < 4.78 is 22.4. The molecule has 4 N–H and O–H groups in total. The van der Waals surface area contributed by atoms with E-state index >= 15 is 0 Å². The van der Waals surface area contributed by atoms with Gasteiger partial charge in [-0.1, -0.05) is 23.7 Å². The van der Waals surface area contributed by atoms with Crippen LogP contribution in [0.25, 0.3) is 0 Å². The molecular weight excluding hydrogens is 410 g/mol. The van der Waals surface area contributed by atoms with Crippen LogP contribution in [-0.2, 0) is 16.4 Å². The Bertz CT molecular complexity index is 825. The van der Waals surface area contributed by atoms with Gasteiger partial charge < -0.3 is 10.6 Å². The number of benzene rings is 2. The molecule has 9 heteroatoms. The average molecular weight is 430 g/mol. The second-order valence-electron chi connectivity index (χ2n) is 5.42. The molecule has 26 heavy (non-hydrogen) atoms. The third-order valence-electron chi connectivity index (χ3n) is 3.42. The topological polar surface area (TPSA) is 84.2 Å². The molecular formula is C17H20ClN3O2S3. The Morgan fingerprint density at radius 2 is 1.65 bits per heavy atom. The second kappa shape index (κ2) is 10.1. The molecule has 140 valence electrons. The molecule has 0 unspecified atom stereocenters. The molecule has 5 nitrogen and oxygen atoms in total. The van der Waals surface area contributed by atoms with Crippen LogP contribution in [0.4, 0.5) is 0 Å². The lowest BCUT2D eigenvalue weighted by Crippen LogP contribution is -2.37. The van der Waals surface area contributed by atoms with Crippen LogP contribution in [0, 0.1) is 0 Å². The first-order chi connectivity index (χ1) is 12.3. The molecule has 2 aromatic carbocycles. The predicted molar refractivity (Wildman–Crippen MR) is 112 cm³/mol. The van der Waals surface area contributed by atoms with E-state index in [1.54, 1.807) is 23.9 Å². The summed E-state index contributed by atoms with van der Waals surface area (Å²) in [6, 6.07) is 14.2. The largest absolute Gasteiger partial charge is 0.362 e. The van der Waals surface area contributed by atoms with Crippen molar-refractivity contribution in [3.05, 3.63) is 59.1 Å². The zero-order chi connectivity index (χ0) is 19.0. The first kappa shape index (κ1) is 21.0. The molecule has 0 saturated carbocycles. The lowest BCUT2D eigenvalue weighted by molar-refractivity contribution is 0.598. The Balaban J connectivity index is 1.62. The molecule has 0 aliphatic carbocycles. The van der Waals surface area contributed by atoms with Crippen LogP contribution in [0.1, 0.15) is 5.56 Å². The smallest absolute Gasteiger partial charge is 0.238 e. The maximum Gasteiger partial charge on any atom is 0.238 e. The van der Waals surface area contributed by atoms with Gasteiger partial charge in [-0.3, -0.25) is 0 Å². The molecule has 0 spiro atoms. The summed E-state index contributed by atoms with van der Waals surface area (Å²) in [6.45, 7) is 1.41. The van der Waals surface area contributed by atoms with Gasteiger partial charge in [0.05, 0.1) is 4.90 Å². The minimum atomic E-state index is -3.64. The van der Waals surface area contributed by atoms with Gasteiger partial charge in [-0.25, -0.2) is 13.6 Å². The lowest BCUT2D eigenvalue weighted by atomic mass is 10.1. The number of sulfonamides is 1. The van der Waals surface area contributed by atoms with E-state index in [1.165, 1.54) is 12.1 Å². The van der Waals surface area contributed by atoms with Crippen LogP contribution in [0.5, 0.6) is 0 Å². The number of primary sulfonamides is 1. The van der Waals surface area contributed by atoms with E-state index in [-0.39, 0.29) is 4.90 Å². The van der Waals surface area contributed by atoms with E-state index in [0.29, 0.717) is 11.7 Å². The van der Waals surface area contributed by atoms with E-state index < -0.39 is 10.0 Å².